The van der Waals surface area contributed by atoms with Gasteiger partial charge in [0, 0.05) is 24.3 Å². The van der Waals surface area contributed by atoms with E-state index in [0.717, 1.165) is 37.5 Å². The van der Waals surface area contributed by atoms with Crippen LogP contribution >= 0.6 is 11.6 Å². The highest BCUT2D eigenvalue weighted by Crippen LogP contribution is 2.27. The van der Waals surface area contributed by atoms with Gasteiger partial charge in [-0.2, -0.15) is 0 Å². The van der Waals surface area contributed by atoms with E-state index in [0.29, 0.717) is 5.92 Å². The highest BCUT2D eigenvalue weighted by Gasteiger charge is 2.19. The predicted octanol–water partition coefficient (Wildman–Crippen LogP) is 2.66. The quantitative estimate of drug-likeness (QED) is 0.642. The van der Waals surface area contributed by atoms with Crippen molar-refractivity contribution in [2.75, 3.05) is 13.2 Å². The van der Waals surface area contributed by atoms with Crippen LogP contribution in [-0.4, -0.2) is 13.2 Å². The van der Waals surface area contributed by atoms with Crippen molar-refractivity contribution < 1.29 is 4.74 Å². The summed E-state index contributed by atoms with van der Waals surface area (Å²) in [5.41, 5.74) is 4.10. The molecule has 1 heterocycles. The Morgan fingerprint density at radius 3 is 2.53 bits per heavy atom. The third-order valence-electron chi connectivity index (χ3n) is 3.38. The third-order valence-corrected chi connectivity index (χ3v) is 3.64. The molecule has 17 heavy (non-hydrogen) atoms. The third kappa shape index (κ3) is 3.68. The van der Waals surface area contributed by atoms with Crippen molar-refractivity contribution in [2.45, 2.75) is 25.3 Å². The molecule has 0 aliphatic carbocycles. The van der Waals surface area contributed by atoms with Gasteiger partial charge in [-0.3, -0.25) is 11.3 Å². The Morgan fingerprint density at radius 2 is 1.94 bits per heavy atom. The molecule has 0 bridgehead atoms. The van der Waals surface area contributed by atoms with Crippen LogP contribution in [0.25, 0.3) is 0 Å². The van der Waals surface area contributed by atoms with E-state index in [4.69, 9.17) is 22.2 Å². The largest absolute Gasteiger partial charge is 0.381 e. The van der Waals surface area contributed by atoms with Crippen molar-refractivity contribution in [1.29, 1.82) is 0 Å². The van der Waals surface area contributed by atoms with Crippen LogP contribution in [0.1, 0.15) is 30.9 Å². The predicted molar refractivity (Wildman–Crippen MR) is 69.7 cm³/mol. The number of nitrogens with two attached hydrogens (primary N) is 1. The summed E-state index contributed by atoms with van der Waals surface area (Å²) >= 11 is 5.88. The Morgan fingerprint density at radius 1 is 1.29 bits per heavy atom. The highest BCUT2D eigenvalue weighted by molar-refractivity contribution is 6.30. The fourth-order valence-electron chi connectivity index (χ4n) is 2.31. The van der Waals surface area contributed by atoms with Crippen LogP contribution in [0, 0.1) is 5.92 Å². The van der Waals surface area contributed by atoms with Crippen LogP contribution in [0.4, 0.5) is 0 Å². The molecule has 0 amide bonds. The molecule has 2 rings (SSSR count). The number of hydrogen-bond acceptors (Lipinski definition) is 3. The minimum absolute atomic E-state index is 0.204. The number of nitrogens with one attached hydrogen (secondary N) is 1. The van der Waals surface area contributed by atoms with E-state index in [1.54, 1.807) is 0 Å². The summed E-state index contributed by atoms with van der Waals surface area (Å²) in [5.74, 6) is 6.34. The zero-order valence-corrected chi connectivity index (χ0v) is 10.6. The molecule has 0 aromatic heterocycles. The van der Waals surface area contributed by atoms with Gasteiger partial charge >= 0.3 is 0 Å². The summed E-state index contributed by atoms with van der Waals surface area (Å²) in [6.07, 6.45) is 3.32. The Bertz CT molecular complexity index is 336. The lowest BCUT2D eigenvalue weighted by atomic mass is 9.90. The lowest BCUT2D eigenvalue weighted by molar-refractivity contribution is 0.0605. The first-order valence-corrected chi connectivity index (χ1v) is 6.46. The summed E-state index contributed by atoms with van der Waals surface area (Å²) in [6, 6.07) is 8.09. The standard InChI is InChI=1S/C13H19ClN2O/c14-12-3-1-11(2-4-12)13(16-15)9-10-5-7-17-8-6-10/h1-4,10,13,16H,5-9,15H2. The molecule has 1 aliphatic heterocycles. The second kappa shape index (κ2) is 6.36. The topological polar surface area (TPSA) is 47.3 Å². The van der Waals surface area contributed by atoms with Gasteiger partial charge in [-0.05, 0) is 42.9 Å². The van der Waals surface area contributed by atoms with E-state index < -0.39 is 0 Å². The Hall–Kier alpha value is -0.610. The molecule has 1 fully saturated rings. The van der Waals surface area contributed by atoms with Gasteiger partial charge in [-0.1, -0.05) is 23.7 Å². The Kier molecular flexibility index (Phi) is 4.80. The van der Waals surface area contributed by atoms with Crippen molar-refractivity contribution in [2.24, 2.45) is 11.8 Å². The van der Waals surface area contributed by atoms with Gasteiger partial charge in [0.25, 0.3) is 0 Å². The number of hydrogen-bond donors (Lipinski definition) is 2. The van der Waals surface area contributed by atoms with Crippen molar-refractivity contribution in [3.05, 3.63) is 34.9 Å². The maximum absolute atomic E-state index is 5.88. The molecule has 3 N–H and O–H groups in total. The molecular weight excluding hydrogens is 236 g/mol. The Labute approximate surface area is 107 Å². The fraction of sp³-hybridized carbons (Fsp3) is 0.538. The van der Waals surface area contributed by atoms with Crippen LogP contribution in [0.3, 0.4) is 0 Å². The van der Waals surface area contributed by atoms with E-state index in [1.165, 1.54) is 5.56 Å². The van der Waals surface area contributed by atoms with E-state index in [2.05, 4.69) is 5.43 Å². The summed E-state index contributed by atoms with van der Waals surface area (Å²) in [7, 11) is 0. The van der Waals surface area contributed by atoms with E-state index in [1.807, 2.05) is 24.3 Å². The SMILES string of the molecule is NNC(CC1CCOCC1)c1ccc(Cl)cc1. The molecule has 1 saturated heterocycles. The molecule has 0 radical (unpaired) electrons. The van der Waals surface area contributed by atoms with Gasteiger partial charge in [0.1, 0.15) is 0 Å². The van der Waals surface area contributed by atoms with E-state index >= 15 is 0 Å². The first-order valence-electron chi connectivity index (χ1n) is 6.09. The molecule has 1 unspecified atom stereocenters. The van der Waals surface area contributed by atoms with Crippen molar-refractivity contribution in [3.8, 4) is 0 Å². The summed E-state index contributed by atoms with van der Waals surface area (Å²) in [5, 5.41) is 0.760. The smallest absolute Gasteiger partial charge is 0.0468 e. The number of rotatable bonds is 4. The zero-order chi connectivity index (χ0) is 12.1. The number of hydrazine groups is 1. The lowest BCUT2D eigenvalue weighted by Gasteiger charge is -2.26. The second-order valence-corrected chi connectivity index (χ2v) is 5.00. The molecule has 3 nitrogen and oxygen atoms in total. The van der Waals surface area contributed by atoms with E-state index in [-0.39, 0.29) is 6.04 Å². The number of benzene rings is 1. The van der Waals surface area contributed by atoms with Gasteiger partial charge in [-0.25, -0.2) is 0 Å². The molecule has 94 valence electrons. The average Bonchev–Trinajstić information content (AvgIpc) is 2.38. The summed E-state index contributed by atoms with van der Waals surface area (Å²) in [6.45, 7) is 1.76. The molecular formula is C13H19ClN2O. The molecule has 0 saturated carbocycles. The van der Waals surface area contributed by atoms with Crippen LogP contribution in [0.15, 0.2) is 24.3 Å². The fourth-order valence-corrected chi connectivity index (χ4v) is 2.44. The molecule has 4 heteroatoms. The lowest BCUT2D eigenvalue weighted by Crippen LogP contribution is -2.31. The van der Waals surface area contributed by atoms with E-state index in [9.17, 15) is 0 Å². The van der Waals surface area contributed by atoms with Gasteiger partial charge < -0.3 is 4.74 Å². The molecule has 1 aromatic carbocycles. The van der Waals surface area contributed by atoms with Gasteiger partial charge in [0.05, 0.1) is 0 Å². The van der Waals surface area contributed by atoms with Crippen molar-refractivity contribution in [1.82, 2.24) is 5.43 Å². The van der Waals surface area contributed by atoms with Crippen LogP contribution in [0.2, 0.25) is 5.02 Å². The Balaban J connectivity index is 1.97. The molecule has 1 aromatic rings. The first kappa shape index (κ1) is 12.8. The van der Waals surface area contributed by atoms with Crippen LogP contribution in [-0.2, 0) is 4.74 Å². The monoisotopic (exact) mass is 254 g/mol. The zero-order valence-electron chi connectivity index (χ0n) is 9.86. The van der Waals surface area contributed by atoms with Crippen molar-refractivity contribution >= 4 is 11.6 Å². The maximum atomic E-state index is 5.88. The minimum atomic E-state index is 0.204. The average molecular weight is 255 g/mol. The molecule has 0 spiro atoms. The number of halogens is 1. The molecule has 1 atom stereocenters. The number of ether oxygens (including phenoxy) is 1. The van der Waals surface area contributed by atoms with Crippen LogP contribution < -0.4 is 11.3 Å². The normalized spacial score (nSPS) is 19.2. The summed E-state index contributed by atoms with van der Waals surface area (Å²) in [4.78, 5) is 0. The highest BCUT2D eigenvalue weighted by atomic mass is 35.5. The first-order chi connectivity index (χ1) is 8.29. The summed E-state index contributed by atoms with van der Waals surface area (Å²) < 4.78 is 5.37. The van der Waals surface area contributed by atoms with Crippen molar-refractivity contribution in [3.63, 3.8) is 0 Å². The van der Waals surface area contributed by atoms with Crippen LogP contribution in [0.5, 0.6) is 0 Å². The maximum Gasteiger partial charge on any atom is 0.0468 e. The minimum Gasteiger partial charge on any atom is -0.381 e. The second-order valence-electron chi connectivity index (χ2n) is 4.56. The molecule has 1 aliphatic rings. The van der Waals surface area contributed by atoms with Gasteiger partial charge in [0.15, 0.2) is 0 Å². The van der Waals surface area contributed by atoms with Gasteiger partial charge in [0.2, 0.25) is 0 Å². The van der Waals surface area contributed by atoms with Gasteiger partial charge in [-0.15, -0.1) is 0 Å².